The Labute approximate surface area is 138 Å². The number of hydrogen-bond donors (Lipinski definition) is 2. The molecule has 128 valence electrons. The first-order valence-corrected chi connectivity index (χ1v) is 8.94. The van der Waals surface area contributed by atoms with E-state index in [2.05, 4.69) is 10.0 Å². The number of sulfonamides is 1. The Kier molecular flexibility index (Phi) is 7.94. The zero-order valence-corrected chi connectivity index (χ0v) is 14.5. The Hall–Kier alpha value is -1.70. The van der Waals surface area contributed by atoms with Gasteiger partial charge in [-0.3, -0.25) is 4.79 Å². The molecule has 23 heavy (non-hydrogen) atoms. The van der Waals surface area contributed by atoms with Crippen LogP contribution in [0.25, 0.3) is 6.08 Å². The molecule has 0 fully saturated rings. The molecule has 1 amide bonds. The zero-order valence-electron chi connectivity index (χ0n) is 13.7. The van der Waals surface area contributed by atoms with E-state index in [-0.39, 0.29) is 16.9 Å². The smallest absolute Gasteiger partial charge is 0.244 e. The monoisotopic (exact) mass is 340 g/mol. The van der Waals surface area contributed by atoms with E-state index >= 15 is 0 Å². The summed E-state index contributed by atoms with van der Waals surface area (Å²) in [4.78, 5) is 11.8. The highest BCUT2D eigenvalue weighted by Gasteiger charge is 2.09. The van der Waals surface area contributed by atoms with E-state index in [1.807, 2.05) is 13.8 Å². The highest BCUT2D eigenvalue weighted by molar-refractivity contribution is 7.89. The van der Waals surface area contributed by atoms with E-state index in [9.17, 15) is 13.2 Å². The summed E-state index contributed by atoms with van der Waals surface area (Å²) in [7, 11) is -2.07. The number of carbonyl (C=O) groups is 1. The summed E-state index contributed by atoms with van der Waals surface area (Å²) in [5, 5.41) is 2.76. The molecule has 1 aromatic carbocycles. The molecule has 0 bridgehead atoms. The fraction of sp³-hybridized carbons (Fsp3) is 0.438. The number of amides is 1. The van der Waals surface area contributed by atoms with E-state index in [0.717, 1.165) is 12.0 Å². The summed E-state index contributed by atoms with van der Waals surface area (Å²) in [5.74, 6) is -0.193. The highest BCUT2D eigenvalue weighted by Crippen LogP contribution is 2.11. The molecule has 0 aliphatic rings. The average Bonchev–Trinajstić information content (AvgIpc) is 2.52. The van der Waals surface area contributed by atoms with E-state index in [0.29, 0.717) is 13.2 Å². The van der Waals surface area contributed by atoms with E-state index in [4.69, 9.17) is 4.74 Å². The topological polar surface area (TPSA) is 84.5 Å². The number of nitrogens with one attached hydrogen (secondary N) is 2. The van der Waals surface area contributed by atoms with Gasteiger partial charge in [0.15, 0.2) is 0 Å². The number of ether oxygens (including phenoxy) is 1. The molecule has 1 rings (SSSR count). The van der Waals surface area contributed by atoms with Crippen molar-refractivity contribution in [3.8, 4) is 0 Å². The van der Waals surface area contributed by atoms with Gasteiger partial charge in [0.25, 0.3) is 0 Å². The molecule has 0 aliphatic heterocycles. The minimum atomic E-state index is -3.44. The van der Waals surface area contributed by atoms with Crippen molar-refractivity contribution in [2.45, 2.75) is 31.3 Å². The predicted molar refractivity (Wildman–Crippen MR) is 90.4 cm³/mol. The van der Waals surface area contributed by atoms with Crippen LogP contribution in [-0.4, -0.2) is 40.6 Å². The maximum Gasteiger partial charge on any atom is 0.244 e. The van der Waals surface area contributed by atoms with Gasteiger partial charge in [-0.1, -0.05) is 12.1 Å². The molecular formula is C16H24N2O4S. The molecule has 0 aliphatic carbocycles. The Balaban J connectivity index is 2.43. The van der Waals surface area contributed by atoms with Crippen LogP contribution in [0.4, 0.5) is 0 Å². The lowest BCUT2D eigenvalue weighted by Gasteiger charge is -2.07. The van der Waals surface area contributed by atoms with Gasteiger partial charge in [0.05, 0.1) is 11.0 Å². The molecule has 0 unspecified atom stereocenters. The molecular weight excluding hydrogens is 316 g/mol. The maximum atomic E-state index is 11.6. The van der Waals surface area contributed by atoms with Crippen LogP contribution in [0, 0.1) is 0 Å². The highest BCUT2D eigenvalue weighted by atomic mass is 32.2. The first-order chi connectivity index (χ1) is 10.8. The Morgan fingerprint density at radius 2 is 1.91 bits per heavy atom. The minimum Gasteiger partial charge on any atom is -0.379 e. The molecule has 6 nitrogen and oxygen atoms in total. The second kappa shape index (κ2) is 9.44. The van der Waals surface area contributed by atoms with Crippen LogP contribution in [0.5, 0.6) is 0 Å². The van der Waals surface area contributed by atoms with Gasteiger partial charge in [-0.25, -0.2) is 13.1 Å². The van der Waals surface area contributed by atoms with E-state index < -0.39 is 10.0 Å². The predicted octanol–water partition coefficient (Wildman–Crippen LogP) is 1.54. The standard InChI is InChI=1S/C16H24N2O4S/c1-13(2)22-12-4-11-18-16(19)10-7-14-5-8-15(9-6-14)23(20,21)17-3/h5-10,13,17H,4,11-12H2,1-3H3,(H,18,19)/b10-7+. The summed E-state index contributed by atoms with van der Waals surface area (Å²) in [6.45, 7) is 5.10. The lowest BCUT2D eigenvalue weighted by Crippen LogP contribution is -2.23. The molecule has 7 heteroatoms. The van der Waals surface area contributed by atoms with Gasteiger partial charge in [0, 0.05) is 19.2 Å². The average molecular weight is 340 g/mol. The van der Waals surface area contributed by atoms with Gasteiger partial charge in [-0.2, -0.15) is 0 Å². The third-order valence-corrected chi connectivity index (χ3v) is 4.39. The first-order valence-electron chi connectivity index (χ1n) is 7.46. The van der Waals surface area contributed by atoms with Crippen molar-refractivity contribution in [3.63, 3.8) is 0 Å². The number of carbonyl (C=O) groups excluding carboxylic acids is 1. The second-order valence-corrected chi connectivity index (χ2v) is 7.06. The maximum absolute atomic E-state index is 11.6. The van der Waals surface area contributed by atoms with Gasteiger partial charge in [-0.15, -0.1) is 0 Å². The van der Waals surface area contributed by atoms with Crippen LogP contribution in [0.1, 0.15) is 25.8 Å². The number of hydrogen-bond acceptors (Lipinski definition) is 4. The summed E-state index contributed by atoms with van der Waals surface area (Å²) < 4.78 is 30.8. The largest absolute Gasteiger partial charge is 0.379 e. The van der Waals surface area contributed by atoms with Crippen LogP contribution < -0.4 is 10.0 Å². The van der Waals surface area contributed by atoms with Crippen LogP contribution >= 0.6 is 0 Å². The normalized spacial score (nSPS) is 12.0. The van der Waals surface area contributed by atoms with Gasteiger partial charge in [0.1, 0.15) is 0 Å². The molecule has 0 spiro atoms. The summed E-state index contributed by atoms with van der Waals surface area (Å²) in [5.41, 5.74) is 0.748. The molecule has 0 saturated carbocycles. The molecule has 0 saturated heterocycles. The minimum absolute atomic E-state index is 0.187. The lowest BCUT2D eigenvalue weighted by atomic mass is 10.2. The van der Waals surface area contributed by atoms with E-state index in [1.54, 1.807) is 18.2 Å². The van der Waals surface area contributed by atoms with Crippen molar-refractivity contribution >= 4 is 22.0 Å². The van der Waals surface area contributed by atoms with Crippen molar-refractivity contribution < 1.29 is 17.9 Å². The molecule has 0 radical (unpaired) electrons. The van der Waals surface area contributed by atoms with Crippen LogP contribution in [-0.2, 0) is 19.6 Å². The van der Waals surface area contributed by atoms with Crippen LogP contribution in [0.15, 0.2) is 35.2 Å². The molecule has 0 atom stereocenters. The van der Waals surface area contributed by atoms with Crippen molar-refractivity contribution in [2.24, 2.45) is 0 Å². The summed E-state index contributed by atoms with van der Waals surface area (Å²) in [6.07, 6.45) is 4.01. The van der Waals surface area contributed by atoms with Gasteiger partial charge in [0.2, 0.25) is 15.9 Å². The van der Waals surface area contributed by atoms with Crippen molar-refractivity contribution in [3.05, 3.63) is 35.9 Å². The van der Waals surface area contributed by atoms with Crippen LogP contribution in [0.2, 0.25) is 0 Å². The van der Waals surface area contributed by atoms with Crippen LogP contribution in [0.3, 0.4) is 0 Å². The van der Waals surface area contributed by atoms with Gasteiger partial charge < -0.3 is 10.1 Å². The third kappa shape index (κ3) is 7.40. The summed E-state index contributed by atoms with van der Waals surface area (Å²) in [6, 6.07) is 6.27. The quantitative estimate of drug-likeness (QED) is 0.527. The first kappa shape index (κ1) is 19.3. The molecule has 0 heterocycles. The SMILES string of the molecule is CNS(=O)(=O)c1ccc(/C=C/C(=O)NCCCOC(C)C)cc1. The zero-order chi connectivity index (χ0) is 17.3. The lowest BCUT2D eigenvalue weighted by molar-refractivity contribution is -0.116. The van der Waals surface area contributed by atoms with Gasteiger partial charge in [-0.05, 0) is 51.1 Å². The Bertz CT molecular complexity index is 622. The molecule has 0 aromatic heterocycles. The fourth-order valence-electron chi connectivity index (χ4n) is 1.71. The van der Waals surface area contributed by atoms with Crippen molar-refractivity contribution in [1.29, 1.82) is 0 Å². The van der Waals surface area contributed by atoms with Crippen molar-refractivity contribution in [1.82, 2.24) is 10.0 Å². The number of rotatable bonds is 9. The molecule has 2 N–H and O–H groups in total. The van der Waals surface area contributed by atoms with Gasteiger partial charge >= 0.3 is 0 Å². The molecule has 1 aromatic rings. The van der Waals surface area contributed by atoms with E-state index in [1.165, 1.54) is 25.3 Å². The fourth-order valence-corrected chi connectivity index (χ4v) is 2.44. The summed E-state index contributed by atoms with van der Waals surface area (Å²) >= 11 is 0. The third-order valence-electron chi connectivity index (χ3n) is 2.96. The Morgan fingerprint density at radius 1 is 1.26 bits per heavy atom. The van der Waals surface area contributed by atoms with Crippen molar-refractivity contribution in [2.75, 3.05) is 20.2 Å². The Morgan fingerprint density at radius 3 is 2.48 bits per heavy atom. The second-order valence-electron chi connectivity index (χ2n) is 5.17. The number of benzene rings is 1.